The van der Waals surface area contributed by atoms with Gasteiger partial charge >= 0.3 is 5.97 Å². The second-order valence-electron chi connectivity index (χ2n) is 11.7. The number of pyridine rings is 1. The molecule has 230 valence electrons. The maximum absolute atomic E-state index is 14.2. The van der Waals surface area contributed by atoms with Gasteiger partial charge in [-0.1, -0.05) is 37.4 Å². The van der Waals surface area contributed by atoms with Crippen LogP contribution in [-0.4, -0.2) is 51.2 Å². The third-order valence-corrected chi connectivity index (χ3v) is 8.57. The van der Waals surface area contributed by atoms with E-state index in [9.17, 15) is 28.0 Å². The van der Waals surface area contributed by atoms with Gasteiger partial charge < -0.3 is 24.4 Å². The van der Waals surface area contributed by atoms with E-state index in [-0.39, 0.29) is 42.4 Å². The molecule has 1 N–H and O–H groups in total. The number of nitrogens with zero attached hydrogens (tertiary/aromatic N) is 3. The summed E-state index contributed by atoms with van der Waals surface area (Å²) in [4.78, 5) is 61.7. The number of carbonyl (C=O) groups excluding carboxylic acids is 3. The quantitative estimate of drug-likeness (QED) is 0.332. The summed E-state index contributed by atoms with van der Waals surface area (Å²) >= 11 is 0. The molecule has 5 rings (SSSR count). The highest BCUT2D eigenvalue weighted by Gasteiger charge is 2.54. The first-order valence-corrected chi connectivity index (χ1v) is 14.8. The van der Waals surface area contributed by atoms with Crippen LogP contribution in [0.15, 0.2) is 34.3 Å². The highest BCUT2D eigenvalue weighted by atomic mass is 19.1. The highest BCUT2D eigenvalue weighted by Crippen LogP contribution is 2.46. The van der Waals surface area contributed by atoms with Gasteiger partial charge in [-0.25, -0.2) is 8.78 Å². The lowest BCUT2D eigenvalue weighted by molar-refractivity contribution is -0.134. The summed E-state index contributed by atoms with van der Waals surface area (Å²) in [5.74, 6) is -4.16. The second kappa shape index (κ2) is 12.3. The maximum atomic E-state index is 14.2. The molecular formula is C31H36F2N4O6. The second-order valence-corrected chi connectivity index (χ2v) is 11.7. The average molecular weight is 599 g/mol. The number of carbonyl (C=O) groups is 3. The Morgan fingerprint density at radius 1 is 1.21 bits per heavy atom. The fraction of sp³-hybridized carbons (Fsp3) is 0.516. The molecular weight excluding hydrogens is 562 g/mol. The van der Waals surface area contributed by atoms with Crippen molar-refractivity contribution < 1.29 is 32.7 Å². The zero-order valence-electron chi connectivity index (χ0n) is 24.6. The Hall–Kier alpha value is -4.09. The van der Waals surface area contributed by atoms with Gasteiger partial charge in [0.1, 0.15) is 17.2 Å². The van der Waals surface area contributed by atoms with E-state index in [1.165, 1.54) is 16.8 Å². The fourth-order valence-electron chi connectivity index (χ4n) is 6.16. The summed E-state index contributed by atoms with van der Waals surface area (Å²) in [6, 6.07) is 2.22. The van der Waals surface area contributed by atoms with E-state index in [1.807, 2.05) is 20.8 Å². The van der Waals surface area contributed by atoms with Crippen molar-refractivity contribution in [3.8, 4) is 5.75 Å². The number of rotatable bonds is 9. The first kappa shape index (κ1) is 30.4. The normalized spacial score (nSPS) is 22.5. The number of oxime groups is 1. The number of aromatic nitrogens is 1. The van der Waals surface area contributed by atoms with E-state index in [0.717, 1.165) is 31.0 Å². The molecule has 0 saturated carbocycles. The van der Waals surface area contributed by atoms with Crippen LogP contribution in [0.5, 0.6) is 5.75 Å². The first-order valence-electron chi connectivity index (χ1n) is 14.8. The fourth-order valence-corrected chi connectivity index (χ4v) is 6.16. The van der Waals surface area contributed by atoms with Gasteiger partial charge in [-0.15, -0.1) is 0 Å². The monoisotopic (exact) mass is 598 g/mol. The topological polar surface area (TPSA) is 119 Å². The van der Waals surface area contributed by atoms with Gasteiger partial charge in [0.15, 0.2) is 11.3 Å². The number of unbranched alkanes of at least 4 members (excludes halogenated alkanes) is 3. The molecule has 3 aliphatic rings. The van der Waals surface area contributed by atoms with Crippen LogP contribution >= 0.6 is 0 Å². The molecule has 12 heteroatoms. The molecule has 2 aromatic rings. The Labute approximate surface area is 248 Å². The number of nitrogens with one attached hydrogen (secondary N) is 1. The number of fused-ring (bicyclic) bond motifs is 5. The van der Waals surface area contributed by atoms with Crippen molar-refractivity contribution in [1.82, 2.24) is 14.8 Å². The van der Waals surface area contributed by atoms with Gasteiger partial charge in [-0.05, 0) is 39.2 Å². The molecule has 1 spiro atoms. The molecule has 3 atom stereocenters. The van der Waals surface area contributed by atoms with Gasteiger partial charge in [0.2, 0.25) is 11.2 Å². The number of hydrogen-bond acceptors (Lipinski definition) is 7. The lowest BCUT2D eigenvalue weighted by Crippen LogP contribution is -2.52. The Morgan fingerprint density at radius 2 is 2.00 bits per heavy atom. The Bertz CT molecular complexity index is 1540. The van der Waals surface area contributed by atoms with Crippen LogP contribution in [0.25, 0.3) is 0 Å². The zero-order valence-corrected chi connectivity index (χ0v) is 24.6. The minimum absolute atomic E-state index is 0.0149. The first-order chi connectivity index (χ1) is 20.5. The molecule has 1 aromatic carbocycles. The van der Waals surface area contributed by atoms with Gasteiger partial charge in [-0.2, -0.15) is 0 Å². The predicted molar refractivity (Wildman–Crippen MR) is 153 cm³/mol. The molecule has 1 saturated heterocycles. The van der Waals surface area contributed by atoms with Crippen molar-refractivity contribution in [3.63, 3.8) is 0 Å². The Kier molecular flexibility index (Phi) is 8.66. The number of hydrogen-bond donors (Lipinski definition) is 1. The number of ether oxygens (including phenoxy) is 1. The summed E-state index contributed by atoms with van der Waals surface area (Å²) < 4.78 is 34.8. The summed E-state index contributed by atoms with van der Waals surface area (Å²) in [6.45, 7) is 5.72. The van der Waals surface area contributed by atoms with E-state index in [0.29, 0.717) is 31.7 Å². The van der Waals surface area contributed by atoms with Crippen molar-refractivity contribution in [3.05, 3.63) is 63.1 Å². The van der Waals surface area contributed by atoms with E-state index in [1.54, 1.807) is 4.90 Å². The van der Waals surface area contributed by atoms with Crippen LogP contribution in [0.2, 0.25) is 0 Å². The third-order valence-electron chi connectivity index (χ3n) is 8.57. The number of esters is 1. The molecule has 1 aromatic heterocycles. The van der Waals surface area contributed by atoms with Crippen molar-refractivity contribution >= 4 is 23.5 Å². The van der Waals surface area contributed by atoms with Crippen molar-refractivity contribution in [2.24, 2.45) is 5.16 Å². The molecule has 10 nitrogen and oxygen atoms in total. The van der Waals surface area contributed by atoms with Crippen LogP contribution < -0.4 is 15.5 Å². The van der Waals surface area contributed by atoms with Crippen molar-refractivity contribution in [1.29, 1.82) is 0 Å². The molecule has 0 aliphatic carbocycles. The molecule has 1 fully saturated rings. The number of halogens is 2. The van der Waals surface area contributed by atoms with Gasteiger partial charge in [-0.3, -0.25) is 19.2 Å². The van der Waals surface area contributed by atoms with Gasteiger partial charge in [0, 0.05) is 49.8 Å². The lowest BCUT2D eigenvalue weighted by atomic mass is 9.84. The van der Waals surface area contributed by atoms with Crippen LogP contribution in [-0.2, 0) is 16.2 Å². The summed E-state index contributed by atoms with van der Waals surface area (Å²) in [6.07, 6.45) is 6.25. The van der Waals surface area contributed by atoms with E-state index >= 15 is 0 Å². The maximum Gasteiger partial charge on any atom is 0.311 e. The molecule has 3 aliphatic heterocycles. The third kappa shape index (κ3) is 5.92. The molecule has 2 bridgehead atoms. The highest BCUT2D eigenvalue weighted by molar-refractivity contribution is 6.00. The van der Waals surface area contributed by atoms with E-state index in [4.69, 9.17) is 9.57 Å². The standard InChI is InChI=1S/C31H36F2N4O6/c1-4-5-6-7-8-25(38)42-28-26-30(41)36-17-24(31(12-11-19(36)3)14-18(2)35-43-31)37(26)16-22(27(28)39)29(40)34-15-20-9-10-21(32)13-23(20)33/h9-10,13,16,19,24H,4-8,11-12,14-15,17H2,1-3H3,(H,34,40)/t19-,24+,31-/m0/s1. The van der Waals surface area contributed by atoms with E-state index < -0.39 is 52.2 Å². The van der Waals surface area contributed by atoms with Crippen LogP contribution in [0.3, 0.4) is 0 Å². The predicted octanol–water partition coefficient (Wildman–Crippen LogP) is 4.65. The molecule has 0 radical (unpaired) electrons. The number of amides is 2. The minimum atomic E-state index is -0.931. The summed E-state index contributed by atoms with van der Waals surface area (Å²) in [5, 5.41) is 6.70. The number of benzene rings is 1. The van der Waals surface area contributed by atoms with Gasteiger partial charge in [0.25, 0.3) is 11.8 Å². The molecule has 2 amide bonds. The Balaban J connectivity index is 1.57. The van der Waals surface area contributed by atoms with Crippen LogP contribution in [0.1, 0.15) is 105 Å². The summed E-state index contributed by atoms with van der Waals surface area (Å²) in [5.41, 5.74) is -1.49. The molecule has 0 unspecified atom stereocenters. The van der Waals surface area contributed by atoms with Crippen LogP contribution in [0.4, 0.5) is 8.78 Å². The smallest absolute Gasteiger partial charge is 0.311 e. The minimum Gasteiger partial charge on any atom is -0.420 e. The molecule has 43 heavy (non-hydrogen) atoms. The zero-order chi connectivity index (χ0) is 30.9. The van der Waals surface area contributed by atoms with Crippen molar-refractivity contribution in [2.75, 3.05) is 6.54 Å². The SMILES string of the molecule is CCCCCCC(=O)Oc1c2n(cc(C(=O)NCc3ccc(F)cc3F)c1=O)[C@@H]1CN(C2=O)[C@@H](C)CC[C@]12CC(C)=NO2. The lowest BCUT2D eigenvalue weighted by Gasteiger charge is -2.42. The summed E-state index contributed by atoms with van der Waals surface area (Å²) in [7, 11) is 0. The van der Waals surface area contributed by atoms with Gasteiger partial charge in [0.05, 0.1) is 11.8 Å². The average Bonchev–Trinajstić information content (AvgIpc) is 3.30. The van der Waals surface area contributed by atoms with E-state index in [2.05, 4.69) is 10.5 Å². The van der Waals surface area contributed by atoms with Crippen molar-refractivity contribution in [2.45, 2.75) is 96.4 Å². The Morgan fingerprint density at radius 3 is 2.70 bits per heavy atom. The van der Waals surface area contributed by atoms with Crippen LogP contribution in [0, 0.1) is 11.6 Å². The largest absolute Gasteiger partial charge is 0.420 e. The molecule has 4 heterocycles.